The molecule has 0 spiro atoms. The van der Waals surface area contributed by atoms with Crippen LogP contribution >= 0.6 is 15.9 Å². The molecule has 0 radical (unpaired) electrons. The second kappa shape index (κ2) is 11.9. The molecule has 1 amide bonds. The van der Waals surface area contributed by atoms with Crippen molar-refractivity contribution in [3.8, 4) is 17.2 Å². The van der Waals surface area contributed by atoms with E-state index in [0.29, 0.717) is 23.9 Å². The Morgan fingerprint density at radius 3 is 2.59 bits per heavy atom. The van der Waals surface area contributed by atoms with Crippen molar-refractivity contribution in [3.05, 3.63) is 87.9 Å². The molecule has 7 heteroatoms. The van der Waals surface area contributed by atoms with E-state index in [2.05, 4.69) is 38.6 Å². The van der Waals surface area contributed by atoms with Crippen LogP contribution in [0.25, 0.3) is 0 Å². The second-order valence-electron chi connectivity index (χ2n) is 6.99. The SMILES string of the molecule is COc1cc(/C=N/NC(=O)COc2ccc(Br)c(C)c2)ccc1OCCc1ccccc1. The number of carbonyl (C=O) groups excluding carboxylic acids is 1. The zero-order valence-electron chi connectivity index (χ0n) is 18.0. The van der Waals surface area contributed by atoms with Gasteiger partial charge in [-0.25, -0.2) is 5.43 Å². The molecule has 0 aliphatic rings. The zero-order chi connectivity index (χ0) is 22.8. The quantitative estimate of drug-likeness (QED) is 0.319. The molecule has 1 N–H and O–H groups in total. The van der Waals surface area contributed by atoms with Crippen LogP contribution in [0.3, 0.4) is 0 Å². The van der Waals surface area contributed by atoms with Crippen molar-refractivity contribution in [1.82, 2.24) is 5.43 Å². The van der Waals surface area contributed by atoms with Crippen molar-refractivity contribution in [2.45, 2.75) is 13.3 Å². The summed E-state index contributed by atoms with van der Waals surface area (Å²) in [6.45, 7) is 2.37. The normalized spacial score (nSPS) is 10.7. The van der Waals surface area contributed by atoms with E-state index in [1.807, 2.05) is 49.4 Å². The first-order valence-electron chi connectivity index (χ1n) is 10.1. The Kier molecular flexibility index (Phi) is 8.69. The second-order valence-corrected chi connectivity index (χ2v) is 7.84. The zero-order valence-corrected chi connectivity index (χ0v) is 19.6. The largest absolute Gasteiger partial charge is 0.493 e. The number of halogens is 1. The highest BCUT2D eigenvalue weighted by Crippen LogP contribution is 2.27. The molecule has 0 aromatic heterocycles. The van der Waals surface area contributed by atoms with Gasteiger partial charge in [-0.1, -0.05) is 46.3 Å². The van der Waals surface area contributed by atoms with Gasteiger partial charge in [0.2, 0.25) is 0 Å². The van der Waals surface area contributed by atoms with Crippen LogP contribution in [0.4, 0.5) is 0 Å². The Bertz CT molecular complexity index is 1070. The van der Waals surface area contributed by atoms with E-state index < -0.39 is 0 Å². The van der Waals surface area contributed by atoms with Gasteiger partial charge < -0.3 is 14.2 Å². The number of carbonyl (C=O) groups is 1. The van der Waals surface area contributed by atoms with E-state index in [4.69, 9.17) is 14.2 Å². The summed E-state index contributed by atoms with van der Waals surface area (Å²) in [7, 11) is 1.59. The number of hydrogen-bond donors (Lipinski definition) is 1. The van der Waals surface area contributed by atoms with Gasteiger partial charge in [0.1, 0.15) is 5.75 Å². The van der Waals surface area contributed by atoms with Crippen LogP contribution in [0.1, 0.15) is 16.7 Å². The topological polar surface area (TPSA) is 69.2 Å². The van der Waals surface area contributed by atoms with Crippen molar-refractivity contribution in [3.63, 3.8) is 0 Å². The lowest BCUT2D eigenvalue weighted by Crippen LogP contribution is -2.24. The molecule has 0 bridgehead atoms. The van der Waals surface area contributed by atoms with Gasteiger partial charge in [0.15, 0.2) is 18.1 Å². The maximum Gasteiger partial charge on any atom is 0.277 e. The van der Waals surface area contributed by atoms with E-state index in [0.717, 1.165) is 22.0 Å². The maximum absolute atomic E-state index is 12.0. The number of benzene rings is 3. The smallest absolute Gasteiger partial charge is 0.277 e. The molecule has 0 atom stereocenters. The van der Waals surface area contributed by atoms with Crippen LogP contribution in [0, 0.1) is 6.92 Å². The first-order valence-corrected chi connectivity index (χ1v) is 10.9. The fourth-order valence-corrected chi connectivity index (χ4v) is 3.12. The number of nitrogens with zero attached hydrogens (tertiary/aromatic N) is 1. The Labute approximate surface area is 196 Å². The number of methoxy groups -OCH3 is 1. The fourth-order valence-electron chi connectivity index (χ4n) is 2.87. The van der Waals surface area contributed by atoms with Crippen LogP contribution in [0.2, 0.25) is 0 Å². The Morgan fingerprint density at radius 1 is 1.03 bits per heavy atom. The predicted octanol–water partition coefficient (Wildman–Crippen LogP) is 4.92. The average Bonchev–Trinajstić information content (AvgIpc) is 2.81. The molecule has 0 aliphatic carbocycles. The van der Waals surface area contributed by atoms with Crippen molar-refractivity contribution in [2.24, 2.45) is 5.10 Å². The lowest BCUT2D eigenvalue weighted by Gasteiger charge is -2.11. The highest BCUT2D eigenvalue weighted by Gasteiger charge is 2.06. The number of nitrogens with one attached hydrogen (secondary N) is 1. The van der Waals surface area contributed by atoms with Gasteiger partial charge in [-0.3, -0.25) is 4.79 Å². The third kappa shape index (κ3) is 7.13. The van der Waals surface area contributed by atoms with Gasteiger partial charge in [0.25, 0.3) is 5.91 Å². The number of hydrazone groups is 1. The van der Waals surface area contributed by atoms with E-state index in [1.54, 1.807) is 19.2 Å². The molecular weight excluding hydrogens is 472 g/mol. The summed E-state index contributed by atoms with van der Waals surface area (Å²) in [5, 5.41) is 3.98. The molecule has 0 heterocycles. The molecule has 166 valence electrons. The van der Waals surface area contributed by atoms with Gasteiger partial charge in [-0.05, 0) is 60.0 Å². The number of ether oxygens (including phenoxy) is 3. The molecule has 0 aliphatic heterocycles. The van der Waals surface area contributed by atoms with E-state index in [1.165, 1.54) is 11.8 Å². The Balaban J connectivity index is 1.48. The van der Waals surface area contributed by atoms with Gasteiger partial charge in [0, 0.05) is 10.9 Å². The van der Waals surface area contributed by atoms with Gasteiger partial charge >= 0.3 is 0 Å². The third-order valence-electron chi connectivity index (χ3n) is 4.58. The van der Waals surface area contributed by atoms with E-state index in [9.17, 15) is 4.79 Å². The van der Waals surface area contributed by atoms with Crippen LogP contribution in [-0.4, -0.2) is 32.4 Å². The first-order chi connectivity index (χ1) is 15.5. The molecule has 3 aromatic carbocycles. The monoisotopic (exact) mass is 496 g/mol. The van der Waals surface area contributed by atoms with Crippen molar-refractivity contribution in [1.29, 1.82) is 0 Å². The van der Waals surface area contributed by atoms with Crippen molar-refractivity contribution in [2.75, 3.05) is 20.3 Å². The lowest BCUT2D eigenvalue weighted by atomic mass is 10.2. The molecular formula is C25H25BrN2O4. The molecule has 0 fully saturated rings. The summed E-state index contributed by atoms with van der Waals surface area (Å²) >= 11 is 3.43. The summed E-state index contributed by atoms with van der Waals surface area (Å²) in [4.78, 5) is 12.0. The minimum absolute atomic E-state index is 0.129. The lowest BCUT2D eigenvalue weighted by molar-refractivity contribution is -0.123. The third-order valence-corrected chi connectivity index (χ3v) is 5.47. The summed E-state index contributed by atoms with van der Waals surface area (Å²) in [5.74, 6) is 1.53. The highest BCUT2D eigenvalue weighted by atomic mass is 79.9. The van der Waals surface area contributed by atoms with Crippen molar-refractivity contribution < 1.29 is 19.0 Å². The molecule has 6 nitrogen and oxygen atoms in total. The summed E-state index contributed by atoms with van der Waals surface area (Å²) in [6.07, 6.45) is 2.35. The van der Waals surface area contributed by atoms with Crippen LogP contribution in [0.5, 0.6) is 17.2 Å². The summed E-state index contributed by atoms with van der Waals surface area (Å²) < 4.78 is 17.8. The molecule has 32 heavy (non-hydrogen) atoms. The highest BCUT2D eigenvalue weighted by molar-refractivity contribution is 9.10. The minimum Gasteiger partial charge on any atom is -0.493 e. The number of aryl methyl sites for hydroxylation is 1. The van der Waals surface area contributed by atoms with Gasteiger partial charge in [-0.2, -0.15) is 5.10 Å². The predicted molar refractivity (Wildman–Crippen MR) is 129 cm³/mol. The fraction of sp³-hybridized carbons (Fsp3) is 0.200. The molecule has 0 unspecified atom stereocenters. The Morgan fingerprint density at radius 2 is 1.84 bits per heavy atom. The summed E-state index contributed by atoms with van der Waals surface area (Å²) in [5.41, 5.74) is 5.47. The number of hydrogen-bond acceptors (Lipinski definition) is 5. The summed E-state index contributed by atoms with van der Waals surface area (Å²) in [6, 6.07) is 21.2. The van der Waals surface area contributed by atoms with Gasteiger partial charge in [-0.15, -0.1) is 0 Å². The Hall–Kier alpha value is -3.32. The van der Waals surface area contributed by atoms with E-state index >= 15 is 0 Å². The number of rotatable bonds is 10. The van der Waals surface area contributed by atoms with Crippen LogP contribution < -0.4 is 19.6 Å². The number of amides is 1. The van der Waals surface area contributed by atoms with E-state index in [-0.39, 0.29) is 12.5 Å². The van der Waals surface area contributed by atoms with Crippen molar-refractivity contribution >= 4 is 28.1 Å². The van der Waals surface area contributed by atoms with Crippen LogP contribution in [-0.2, 0) is 11.2 Å². The first kappa shape index (κ1) is 23.3. The van der Waals surface area contributed by atoms with Crippen LogP contribution in [0.15, 0.2) is 76.3 Å². The molecule has 0 saturated carbocycles. The van der Waals surface area contributed by atoms with Gasteiger partial charge in [0.05, 0.1) is 19.9 Å². The maximum atomic E-state index is 12.0. The molecule has 0 saturated heterocycles. The molecule has 3 aromatic rings. The molecule has 3 rings (SSSR count). The minimum atomic E-state index is -0.352. The standard InChI is InChI=1S/C25H25BrN2O4/c1-18-14-21(9-10-22(18)26)32-17-25(29)28-27-16-20-8-11-23(24(15-20)30-2)31-13-12-19-6-4-3-5-7-19/h3-11,14-16H,12-13,17H2,1-2H3,(H,28,29)/b27-16+. The average molecular weight is 497 g/mol.